The van der Waals surface area contributed by atoms with Crippen LogP contribution >= 0.6 is 0 Å². The Kier molecular flexibility index (Phi) is 6.39. The van der Waals surface area contributed by atoms with E-state index in [9.17, 15) is 13.2 Å². The quantitative estimate of drug-likeness (QED) is 0.575. The number of benzene rings is 2. The van der Waals surface area contributed by atoms with Gasteiger partial charge in [0.1, 0.15) is 0 Å². The molecule has 0 unspecified atom stereocenters. The lowest BCUT2D eigenvalue weighted by molar-refractivity contribution is 0.0952. The molecule has 0 saturated carbocycles. The molecule has 3 aromatic rings. The zero-order chi connectivity index (χ0) is 21.0. The molecule has 1 heterocycles. The first-order valence-corrected chi connectivity index (χ1v) is 11.1. The van der Waals surface area contributed by atoms with E-state index in [4.69, 9.17) is 0 Å². The summed E-state index contributed by atoms with van der Waals surface area (Å²) in [4.78, 5) is 12.5. The Morgan fingerprint density at radius 3 is 2.45 bits per heavy atom. The third kappa shape index (κ3) is 4.68. The van der Waals surface area contributed by atoms with Gasteiger partial charge in [-0.05, 0) is 62.1 Å². The van der Waals surface area contributed by atoms with Crippen LogP contribution in [0.3, 0.4) is 0 Å². The maximum absolute atomic E-state index is 12.5. The predicted octanol–water partition coefficient (Wildman–Crippen LogP) is 3.49. The van der Waals surface area contributed by atoms with Gasteiger partial charge in [0.2, 0.25) is 10.0 Å². The summed E-state index contributed by atoms with van der Waals surface area (Å²) >= 11 is 0. The van der Waals surface area contributed by atoms with Crippen LogP contribution in [0.2, 0.25) is 0 Å². The van der Waals surface area contributed by atoms with Crippen molar-refractivity contribution in [2.24, 2.45) is 0 Å². The van der Waals surface area contributed by atoms with Crippen LogP contribution in [-0.4, -0.2) is 42.8 Å². The second-order valence-corrected chi connectivity index (χ2v) is 9.31. The van der Waals surface area contributed by atoms with E-state index >= 15 is 0 Å². The third-order valence-electron chi connectivity index (χ3n) is 5.06. The molecule has 0 radical (unpaired) electrons. The second-order valence-electron chi connectivity index (χ2n) is 7.32. The van der Waals surface area contributed by atoms with Crippen LogP contribution in [0, 0.1) is 0 Å². The molecular formula is C22H27N3O3S. The van der Waals surface area contributed by atoms with Crippen molar-refractivity contribution in [3.8, 4) is 0 Å². The topological polar surface area (TPSA) is 71.4 Å². The van der Waals surface area contributed by atoms with Gasteiger partial charge in [-0.25, -0.2) is 8.42 Å². The van der Waals surface area contributed by atoms with Gasteiger partial charge in [0.25, 0.3) is 5.91 Å². The van der Waals surface area contributed by atoms with Crippen LogP contribution in [0.15, 0.2) is 65.7 Å². The highest BCUT2D eigenvalue weighted by Crippen LogP contribution is 2.17. The number of hydrogen-bond donors (Lipinski definition) is 1. The number of carbonyl (C=O) groups is 1. The number of amides is 1. The molecule has 7 heteroatoms. The maximum Gasteiger partial charge on any atom is 0.251 e. The molecule has 0 bridgehead atoms. The lowest BCUT2D eigenvalue weighted by Crippen LogP contribution is -2.33. The van der Waals surface area contributed by atoms with E-state index in [0.29, 0.717) is 12.1 Å². The Labute approximate surface area is 172 Å². The van der Waals surface area contributed by atoms with Crippen molar-refractivity contribution in [2.75, 3.05) is 13.6 Å². The normalized spacial score (nSPS) is 12.0. The molecular weight excluding hydrogens is 386 g/mol. The van der Waals surface area contributed by atoms with Gasteiger partial charge < -0.3 is 9.88 Å². The lowest BCUT2D eigenvalue weighted by atomic mass is 10.2. The first kappa shape index (κ1) is 21.1. The van der Waals surface area contributed by atoms with Gasteiger partial charge in [-0.2, -0.15) is 4.31 Å². The van der Waals surface area contributed by atoms with E-state index in [1.807, 2.05) is 26.0 Å². The number of fused-ring (bicyclic) bond motifs is 1. The monoisotopic (exact) mass is 413 g/mol. The number of sulfonamides is 1. The number of nitrogens with one attached hydrogen (secondary N) is 1. The minimum absolute atomic E-state index is 0.139. The summed E-state index contributed by atoms with van der Waals surface area (Å²) in [7, 11) is -2.00. The van der Waals surface area contributed by atoms with Crippen molar-refractivity contribution in [2.45, 2.75) is 37.8 Å². The maximum atomic E-state index is 12.5. The average molecular weight is 414 g/mol. The Morgan fingerprint density at radius 1 is 1.07 bits per heavy atom. The Bertz CT molecular complexity index is 1090. The summed E-state index contributed by atoms with van der Waals surface area (Å²) in [6.45, 7) is 4.99. The van der Waals surface area contributed by atoms with Crippen molar-refractivity contribution < 1.29 is 13.2 Å². The van der Waals surface area contributed by atoms with Crippen LogP contribution < -0.4 is 5.32 Å². The first-order chi connectivity index (χ1) is 13.8. The number of hydrogen-bond acceptors (Lipinski definition) is 3. The number of carbonyl (C=O) groups excluding carboxylic acids is 1. The molecule has 0 aliphatic carbocycles. The molecule has 0 spiro atoms. The largest absolute Gasteiger partial charge is 0.352 e. The van der Waals surface area contributed by atoms with E-state index in [0.717, 1.165) is 13.0 Å². The summed E-state index contributed by atoms with van der Waals surface area (Å²) in [5, 5.41) is 4.10. The standard InChI is InChI=1S/C22H27N3O3S/c1-17(2)24(3)29(27,28)20-11-9-19(10-12-20)22(26)23-14-6-15-25-16-13-18-7-4-5-8-21(18)25/h4-5,7-13,16-17H,6,14-15H2,1-3H3,(H,23,26). The summed E-state index contributed by atoms with van der Waals surface area (Å²) < 4.78 is 28.5. The zero-order valence-corrected chi connectivity index (χ0v) is 17.8. The summed E-state index contributed by atoms with van der Waals surface area (Å²) in [5.74, 6) is -0.205. The lowest BCUT2D eigenvalue weighted by Gasteiger charge is -2.21. The Balaban J connectivity index is 1.54. The van der Waals surface area contributed by atoms with Gasteiger partial charge >= 0.3 is 0 Å². The highest BCUT2D eigenvalue weighted by molar-refractivity contribution is 7.89. The van der Waals surface area contributed by atoms with Crippen molar-refractivity contribution >= 4 is 26.8 Å². The number of nitrogens with zero attached hydrogens (tertiary/aromatic N) is 2. The molecule has 3 rings (SSSR count). The Hall–Kier alpha value is -2.64. The molecule has 0 aliphatic rings. The molecule has 6 nitrogen and oxygen atoms in total. The summed E-state index contributed by atoms with van der Waals surface area (Å²) in [6.07, 6.45) is 2.86. The highest BCUT2D eigenvalue weighted by Gasteiger charge is 2.23. The molecule has 0 saturated heterocycles. The smallest absolute Gasteiger partial charge is 0.251 e. The number of aryl methyl sites for hydroxylation is 1. The van der Waals surface area contributed by atoms with E-state index in [1.165, 1.54) is 27.3 Å². The predicted molar refractivity (Wildman–Crippen MR) is 115 cm³/mol. The number of rotatable bonds is 8. The van der Waals surface area contributed by atoms with Crippen LogP contribution in [0.1, 0.15) is 30.6 Å². The van der Waals surface area contributed by atoms with Crippen LogP contribution in [0.5, 0.6) is 0 Å². The molecule has 1 N–H and O–H groups in total. The molecule has 0 fully saturated rings. The van der Waals surface area contributed by atoms with Crippen molar-refractivity contribution in [1.29, 1.82) is 0 Å². The minimum Gasteiger partial charge on any atom is -0.352 e. The first-order valence-electron chi connectivity index (χ1n) is 9.71. The van der Waals surface area contributed by atoms with Crippen LogP contribution in [-0.2, 0) is 16.6 Å². The van der Waals surface area contributed by atoms with E-state index in [-0.39, 0.29) is 16.8 Å². The van der Waals surface area contributed by atoms with Crippen molar-refractivity contribution in [3.05, 3.63) is 66.4 Å². The average Bonchev–Trinajstić information content (AvgIpc) is 3.13. The molecule has 0 aliphatic heterocycles. The van der Waals surface area contributed by atoms with E-state index in [2.05, 4.69) is 34.3 Å². The van der Waals surface area contributed by atoms with Gasteiger partial charge in [-0.3, -0.25) is 4.79 Å². The van der Waals surface area contributed by atoms with Crippen molar-refractivity contribution in [3.63, 3.8) is 0 Å². The SMILES string of the molecule is CC(C)N(C)S(=O)(=O)c1ccc(C(=O)NCCCn2ccc3ccccc32)cc1. The molecule has 154 valence electrons. The molecule has 1 aromatic heterocycles. The zero-order valence-electron chi connectivity index (χ0n) is 17.0. The number of para-hydroxylation sites is 1. The second kappa shape index (κ2) is 8.80. The molecule has 2 aromatic carbocycles. The minimum atomic E-state index is -3.55. The molecule has 29 heavy (non-hydrogen) atoms. The van der Waals surface area contributed by atoms with Crippen LogP contribution in [0.4, 0.5) is 0 Å². The third-order valence-corrected chi connectivity index (χ3v) is 7.11. The van der Waals surface area contributed by atoms with Crippen LogP contribution in [0.25, 0.3) is 10.9 Å². The van der Waals surface area contributed by atoms with E-state index < -0.39 is 10.0 Å². The summed E-state index contributed by atoms with van der Waals surface area (Å²) in [6, 6.07) is 16.2. The van der Waals surface area contributed by atoms with Gasteiger partial charge in [-0.1, -0.05) is 18.2 Å². The van der Waals surface area contributed by atoms with E-state index in [1.54, 1.807) is 19.2 Å². The fourth-order valence-corrected chi connectivity index (χ4v) is 4.48. The highest BCUT2D eigenvalue weighted by atomic mass is 32.2. The number of aromatic nitrogens is 1. The Morgan fingerprint density at radius 2 is 1.76 bits per heavy atom. The fourth-order valence-electron chi connectivity index (χ4n) is 3.11. The molecule has 1 amide bonds. The van der Waals surface area contributed by atoms with Gasteiger partial charge in [0, 0.05) is 43.5 Å². The van der Waals surface area contributed by atoms with Gasteiger partial charge in [-0.15, -0.1) is 0 Å². The summed E-state index contributed by atoms with van der Waals surface area (Å²) in [5.41, 5.74) is 1.63. The molecule has 0 atom stereocenters. The fraction of sp³-hybridized carbons (Fsp3) is 0.318. The van der Waals surface area contributed by atoms with Gasteiger partial charge in [0.15, 0.2) is 0 Å². The van der Waals surface area contributed by atoms with Gasteiger partial charge in [0.05, 0.1) is 4.90 Å². The van der Waals surface area contributed by atoms with Crippen molar-refractivity contribution in [1.82, 2.24) is 14.2 Å².